The molecule has 0 unspecified atom stereocenters. The van der Waals surface area contributed by atoms with Gasteiger partial charge in [-0.3, -0.25) is 14.6 Å². The highest BCUT2D eigenvalue weighted by Crippen LogP contribution is 2.11. The van der Waals surface area contributed by atoms with Crippen molar-refractivity contribution in [2.45, 2.75) is 13.5 Å². The molecule has 2 amide bonds. The molecule has 0 spiro atoms. The van der Waals surface area contributed by atoms with Gasteiger partial charge in [-0.05, 0) is 29.8 Å². The molecular formula is C17H18BrN3O2. The fourth-order valence-corrected chi connectivity index (χ4v) is 2.50. The summed E-state index contributed by atoms with van der Waals surface area (Å²) >= 11 is 3.34. The zero-order valence-corrected chi connectivity index (χ0v) is 14.4. The summed E-state index contributed by atoms with van der Waals surface area (Å²) in [5.41, 5.74) is 1.54. The summed E-state index contributed by atoms with van der Waals surface area (Å²) in [6.45, 7) is 2.84. The van der Waals surface area contributed by atoms with Crippen LogP contribution in [0.15, 0.2) is 53.3 Å². The van der Waals surface area contributed by atoms with Gasteiger partial charge in [-0.25, -0.2) is 0 Å². The van der Waals surface area contributed by atoms with Crippen LogP contribution in [0.2, 0.25) is 0 Å². The Balaban J connectivity index is 1.87. The first-order valence-electron chi connectivity index (χ1n) is 7.24. The SMILES string of the molecule is CC(=O)N(CCNC(=O)c1cccc(Br)c1)Cc1cccnc1. The molecule has 0 fully saturated rings. The second kappa shape index (κ2) is 8.43. The molecule has 0 radical (unpaired) electrons. The van der Waals surface area contributed by atoms with E-state index in [2.05, 4.69) is 26.2 Å². The molecule has 0 aliphatic carbocycles. The Morgan fingerprint density at radius 2 is 2.09 bits per heavy atom. The van der Waals surface area contributed by atoms with Gasteiger partial charge in [0.05, 0.1) is 0 Å². The molecule has 120 valence electrons. The predicted octanol–water partition coefficient (Wildman–Crippen LogP) is 2.62. The maximum Gasteiger partial charge on any atom is 0.251 e. The van der Waals surface area contributed by atoms with Gasteiger partial charge in [0.25, 0.3) is 5.91 Å². The van der Waals surface area contributed by atoms with E-state index in [1.807, 2.05) is 24.3 Å². The molecule has 0 bridgehead atoms. The summed E-state index contributed by atoms with van der Waals surface area (Å²) < 4.78 is 0.854. The highest BCUT2D eigenvalue weighted by Gasteiger charge is 2.11. The molecule has 2 aromatic rings. The number of carbonyl (C=O) groups is 2. The van der Waals surface area contributed by atoms with Gasteiger partial charge < -0.3 is 10.2 Å². The predicted molar refractivity (Wildman–Crippen MR) is 91.8 cm³/mol. The molecule has 6 heteroatoms. The third kappa shape index (κ3) is 5.49. The van der Waals surface area contributed by atoms with Crippen LogP contribution in [0.1, 0.15) is 22.8 Å². The highest BCUT2D eigenvalue weighted by atomic mass is 79.9. The van der Waals surface area contributed by atoms with E-state index >= 15 is 0 Å². The number of rotatable bonds is 6. The van der Waals surface area contributed by atoms with Crippen LogP contribution in [-0.4, -0.2) is 34.8 Å². The number of pyridine rings is 1. The second-order valence-electron chi connectivity index (χ2n) is 5.07. The van der Waals surface area contributed by atoms with Crippen LogP contribution in [0.25, 0.3) is 0 Å². The average Bonchev–Trinajstić information content (AvgIpc) is 2.54. The summed E-state index contributed by atoms with van der Waals surface area (Å²) in [6, 6.07) is 10.9. The molecule has 1 heterocycles. The summed E-state index contributed by atoms with van der Waals surface area (Å²) in [5.74, 6) is -0.193. The summed E-state index contributed by atoms with van der Waals surface area (Å²) in [4.78, 5) is 29.5. The maximum absolute atomic E-state index is 12.1. The van der Waals surface area contributed by atoms with Crippen molar-refractivity contribution in [3.8, 4) is 0 Å². The minimum absolute atomic E-state index is 0.0365. The van der Waals surface area contributed by atoms with Crippen molar-refractivity contribution in [1.29, 1.82) is 0 Å². The van der Waals surface area contributed by atoms with Gasteiger partial charge >= 0.3 is 0 Å². The van der Waals surface area contributed by atoms with E-state index in [9.17, 15) is 9.59 Å². The van der Waals surface area contributed by atoms with Crippen molar-refractivity contribution < 1.29 is 9.59 Å². The van der Waals surface area contributed by atoms with Crippen LogP contribution in [0.4, 0.5) is 0 Å². The lowest BCUT2D eigenvalue weighted by atomic mass is 10.2. The lowest BCUT2D eigenvalue weighted by molar-refractivity contribution is -0.129. The van der Waals surface area contributed by atoms with Gasteiger partial charge in [0.2, 0.25) is 5.91 Å². The number of nitrogens with one attached hydrogen (secondary N) is 1. The number of nitrogens with zero attached hydrogens (tertiary/aromatic N) is 2. The molecule has 1 aromatic heterocycles. The lowest BCUT2D eigenvalue weighted by Crippen LogP contribution is -2.37. The quantitative estimate of drug-likeness (QED) is 0.843. The third-order valence-corrected chi connectivity index (χ3v) is 3.79. The van der Waals surface area contributed by atoms with Gasteiger partial charge in [0, 0.05) is 49.0 Å². The smallest absolute Gasteiger partial charge is 0.251 e. The van der Waals surface area contributed by atoms with E-state index in [1.165, 1.54) is 6.92 Å². The number of halogens is 1. The number of amides is 2. The molecule has 1 N–H and O–H groups in total. The highest BCUT2D eigenvalue weighted by molar-refractivity contribution is 9.10. The van der Waals surface area contributed by atoms with E-state index in [0.29, 0.717) is 25.2 Å². The molecule has 2 rings (SSSR count). The molecule has 0 aliphatic rings. The Kier molecular flexibility index (Phi) is 6.29. The number of hydrogen-bond donors (Lipinski definition) is 1. The fraction of sp³-hybridized carbons (Fsp3) is 0.235. The van der Waals surface area contributed by atoms with Crippen molar-refractivity contribution in [1.82, 2.24) is 15.2 Å². The van der Waals surface area contributed by atoms with Crippen molar-refractivity contribution >= 4 is 27.7 Å². The Morgan fingerprint density at radius 3 is 2.74 bits per heavy atom. The van der Waals surface area contributed by atoms with Crippen LogP contribution < -0.4 is 5.32 Å². The van der Waals surface area contributed by atoms with Gasteiger partial charge in [-0.2, -0.15) is 0 Å². The Labute approximate surface area is 143 Å². The molecule has 0 atom stereocenters. The largest absolute Gasteiger partial charge is 0.350 e. The zero-order valence-electron chi connectivity index (χ0n) is 12.8. The normalized spacial score (nSPS) is 10.2. The molecule has 23 heavy (non-hydrogen) atoms. The van der Waals surface area contributed by atoms with E-state index in [-0.39, 0.29) is 11.8 Å². The van der Waals surface area contributed by atoms with Crippen molar-refractivity contribution in [2.75, 3.05) is 13.1 Å². The van der Waals surface area contributed by atoms with Crippen LogP contribution >= 0.6 is 15.9 Å². The topological polar surface area (TPSA) is 62.3 Å². The average molecular weight is 376 g/mol. The summed E-state index contributed by atoms with van der Waals surface area (Å²) in [7, 11) is 0. The Morgan fingerprint density at radius 1 is 1.26 bits per heavy atom. The third-order valence-electron chi connectivity index (χ3n) is 3.30. The molecule has 0 saturated heterocycles. The molecule has 1 aromatic carbocycles. The zero-order chi connectivity index (χ0) is 16.7. The maximum atomic E-state index is 12.1. The Hall–Kier alpha value is -2.21. The van der Waals surface area contributed by atoms with Crippen LogP contribution in [0.3, 0.4) is 0 Å². The van der Waals surface area contributed by atoms with E-state index in [1.54, 1.807) is 29.4 Å². The van der Waals surface area contributed by atoms with Crippen LogP contribution in [0, 0.1) is 0 Å². The van der Waals surface area contributed by atoms with Crippen molar-refractivity contribution in [3.05, 3.63) is 64.4 Å². The number of carbonyl (C=O) groups excluding carboxylic acids is 2. The fourth-order valence-electron chi connectivity index (χ4n) is 2.10. The summed E-state index contributed by atoms with van der Waals surface area (Å²) in [5, 5.41) is 2.83. The van der Waals surface area contributed by atoms with Crippen molar-refractivity contribution in [2.24, 2.45) is 0 Å². The first kappa shape index (κ1) is 17.1. The van der Waals surface area contributed by atoms with E-state index in [0.717, 1.165) is 10.0 Å². The standard InChI is InChI=1S/C17H18BrN3O2/c1-13(22)21(12-14-4-3-7-19-11-14)9-8-20-17(23)15-5-2-6-16(18)10-15/h2-7,10-11H,8-9,12H2,1H3,(H,20,23). The summed E-state index contributed by atoms with van der Waals surface area (Å²) in [6.07, 6.45) is 3.43. The van der Waals surface area contributed by atoms with Crippen LogP contribution in [0.5, 0.6) is 0 Å². The number of aromatic nitrogens is 1. The molecule has 0 saturated carbocycles. The molecule has 0 aliphatic heterocycles. The van der Waals surface area contributed by atoms with E-state index in [4.69, 9.17) is 0 Å². The van der Waals surface area contributed by atoms with Gasteiger partial charge in [0.1, 0.15) is 0 Å². The van der Waals surface area contributed by atoms with Crippen molar-refractivity contribution in [3.63, 3.8) is 0 Å². The minimum atomic E-state index is -0.156. The minimum Gasteiger partial charge on any atom is -0.350 e. The second-order valence-corrected chi connectivity index (χ2v) is 5.98. The van der Waals surface area contributed by atoms with Gasteiger partial charge in [0.15, 0.2) is 0 Å². The van der Waals surface area contributed by atoms with Crippen LogP contribution in [-0.2, 0) is 11.3 Å². The monoisotopic (exact) mass is 375 g/mol. The first-order chi connectivity index (χ1) is 11.1. The Bertz CT molecular complexity index is 677. The first-order valence-corrected chi connectivity index (χ1v) is 8.04. The van der Waals surface area contributed by atoms with Gasteiger partial charge in [-0.15, -0.1) is 0 Å². The lowest BCUT2D eigenvalue weighted by Gasteiger charge is -2.21. The molecular weight excluding hydrogens is 358 g/mol. The van der Waals surface area contributed by atoms with E-state index < -0.39 is 0 Å². The molecule has 5 nitrogen and oxygen atoms in total. The number of benzene rings is 1. The number of hydrogen-bond acceptors (Lipinski definition) is 3. The van der Waals surface area contributed by atoms with Gasteiger partial charge in [-0.1, -0.05) is 28.1 Å².